The van der Waals surface area contributed by atoms with Gasteiger partial charge in [0.1, 0.15) is 5.03 Å². The van der Waals surface area contributed by atoms with Crippen LogP contribution in [-0.4, -0.2) is 0 Å². The summed E-state index contributed by atoms with van der Waals surface area (Å²) in [6, 6.07) is 13.7. The summed E-state index contributed by atoms with van der Waals surface area (Å²) in [5.41, 5.74) is 0.417. The molecule has 0 N–H and O–H groups in total. The molecule has 2 unspecified atom stereocenters. The molecule has 1 aliphatic heterocycles. The molecule has 1 aliphatic rings. The van der Waals surface area contributed by atoms with E-state index in [1.807, 2.05) is 42.5 Å². The van der Waals surface area contributed by atoms with Crippen LogP contribution in [0.25, 0.3) is 10.8 Å². The molecule has 18 heavy (non-hydrogen) atoms. The second-order valence-electron chi connectivity index (χ2n) is 3.93. The van der Waals surface area contributed by atoms with Gasteiger partial charge in [0.15, 0.2) is 6.26 Å². The maximum atomic E-state index is 11.9. The van der Waals surface area contributed by atoms with Crippen LogP contribution < -0.4 is 0 Å². The Kier molecular flexibility index (Phi) is 3.04. The van der Waals surface area contributed by atoms with Gasteiger partial charge in [-0.15, -0.1) is 0 Å². The Bertz CT molecular complexity index is 648. The normalized spacial score (nSPS) is 21.5. The van der Waals surface area contributed by atoms with Gasteiger partial charge in [-0.1, -0.05) is 54.1 Å². The first-order chi connectivity index (χ1) is 8.77. The van der Waals surface area contributed by atoms with Gasteiger partial charge in [-0.05, 0) is 15.3 Å². The number of rotatable bonds is 1. The predicted molar refractivity (Wildman–Crippen MR) is 70.4 cm³/mol. The minimum Gasteiger partial charge on any atom is -0.300 e. The van der Waals surface area contributed by atoms with Crippen LogP contribution >= 0.6 is 19.6 Å². The number of fused-ring (bicyclic) bond motifs is 1. The van der Waals surface area contributed by atoms with Crippen molar-refractivity contribution in [2.45, 2.75) is 5.66 Å². The van der Waals surface area contributed by atoms with Crippen molar-refractivity contribution in [1.29, 1.82) is 0 Å². The third-order valence-corrected chi connectivity index (χ3v) is 4.54. The summed E-state index contributed by atoms with van der Waals surface area (Å²) >= 11 is 6.08. The van der Waals surface area contributed by atoms with Crippen LogP contribution in [0.4, 0.5) is 0 Å². The van der Waals surface area contributed by atoms with E-state index in [0.717, 1.165) is 16.3 Å². The minimum absolute atomic E-state index is 0.388. The van der Waals surface area contributed by atoms with Crippen molar-refractivity contribution in [3.05, 3.63) is 59.3 Å². The molecule has 0 amide bonds. The third kappa shape index (κ3) is 1.91. The highest BCUT2D eigenvalue weighted by molar-refractivity contribution is 7.40. The highest BCUT2D eigenvalue weighted by Crippen LogP contribution is 2.52. The topological polar surface area (TPSA) is 35.5 Å². The summed E-state index contributed by atoms with van der Waals surface area (Å²) in [4.78, 5) is 4.58. The molecule has 0 aliphatic carbocycles. The molecular weight excluding hydrogens is 271 g/mol. The standard InChI is InChI=1S/C13H9ClO3P/c14-12-8-16-17-18(15)13(12)11-7-3-5-9-4-1-2-6-10(9)11/h1-8,13H/q+1. The minimum atomic E-state index is -2.02. The maximum Gasteiger partial charge on any atom is 0.566 e. The summed E-state index contributed by atoms with van der Waals surface area (Å²) in [7, 11) is -2.02. The predicted octanol–water partition coefficient (Wildman–Crippen LogP) is 4.67. The Balaban J connectivity index is 2.22. The first kappa shape index (κ1) is 11.7. The van der Waals surface area contributed by atoms with E-state index in [2.05, 4.69) is 4.89 Å². The lowest BCUT2D eigenvalue weighted by molar-refractivity contribution is -0.147. The van der Waals surface area contributed by atoms with E-state index in [4.69, 9.17) is 16.3 Å². The van der Waals surface area contributed by atoms with Crippen LogP contribution in [0, 0.1) is 0 Å². The molecule has 3 rings (SSSR count). The number of hydrogen-bond donors (Lipinski definition) is 0. The zero-order valence-corrected chi connectivity index (χ0v) is 10.9. The maximum absolute atomic E-state index is 11.9. The van der Waals surface area contributed by atoms with Gasteiger partial charge >= 0.3 is 8.03 Å². The first-order valence-corrected chi connectivity index (χ1v) is 7.03. The lowest BCUT2D eigenvalue weighted by Crippen LogP contribution is -2.02. The molecule has 2 aromatic rings. The Labute approximate surface area is 110 Å². The molecule has 1 heterocycles. The fraction of sp³-hybridized carbons (Fsp3) is 0.0769. The number of hydrogen-bond acceptors (Lipinski definition) is 3. The monoisotopic (exact) mass is 279 g/mol. The molecule has 0 fully saturated rings. The van der Waals surface area contributed by atoms with Gasteiger partial charge < -0.3 is 0 Å². The van der Waals surface area contributed by atoms with Crippen molar-refractivity contribution in [1.82, 2.24) is 0 Å². The highest BCUT2D eigenvalue weighted by Gasteiger charge is 2.43. The number of halogens is 1. The van der Waals surface area contributed by atoms with Gasteiger partial charge in [-0.3, -0.25) is 4.89 Å². The van der Waals surface area contributed by atoms with Crippen molar-refractivity contribution in [2.75, 3.05) is 0 Å². The number of benzene rings is 2. The van der Waals surface area contributed by atoms with Crippen molar-refractivity contribution >= 4 is 30.4 Å². The Hall–Kier alpha value is -1.41. The zero-order chi connectivity index (χ0) is 12.5. The van der Waals surface area contributed by atoms with Gasteiger partial charge in [0.05, 0.1) is 4.67 Å². The first-order valence-electron chi connectivity index (χ1n) is 5.40. The van der Waals surface area contributed by atoms with Gasteiger partial charge in [-0.25, -0.2) is 0 Å². The van der Waals surface area contributed by atoms with Crippen molar-refractivity contribution < 1.29 is 14.1 Å². The molecule has 90 valence electrons. The molecule has 0 spiro atoms. The Morgan fingerprint density at radius 1 is 1.11 bits per heavy atom. The van der Waals surface area contributed by atoms with Crippen molar-refractivity contribution in [2.24, 2.45) is 0 Å². The van der Waals surface area contributed by atoms with Crippen molar-refractivity contribution in [3.63, 3.8) is 0 Å². The van der Waals surface area contributed by atoms with Gasteiger partial charge in [-0.2, -0.15) is 0 Å². The molecule has 0 saturated carbocycles. The summed E-state index contributed by atoms with van der Waals surface area (Å²) in [5, 5.41) is 2.48. The van der Waals surface area contributed by atoms with Gasteiger partial charge in [0.2, 0.25) is 0 Å². The molecule has 0 saturated heterocycles. The molecule has 0 bridgehead atoms. The highest BCUT2D eigenvalue weighted by atomic mass is 35.5. The van der Waals surface area contributed by atoms with E-state index >= 15 is 0 Å². The van der Waals surface area contributed by atoms with Crippen LogP contribution in [0.1, 0.15) is 11.2 Å². The van der Waals surface area contributed by atoms with Crippen LogP contribution in [0.2, 0.25) is 0 Å². The van der Waals surface area contributed by atoms with Crippen molar-refractivity contribution in [3.8, 4) is 0 Å². The second-order valence-corrected chi connectivity index (χ2v) is 5.60. The summed E-state index contributed by atoms with van der Waals surface area (Å²) in [6.45, 7) is 0. The zero-order valence-electron chi connectivity index (χ0n) is 9.25. The Morgan fingerprint density at radius 2 is 1.89 bits per heavy atom. The molecule has 0 aromatic heterocycles. The quantitative estimate of drug-likeness (QED) is 0.562. The van der Waals surface area contributed by atoms with E-state index in [1.165, 1.54) is 6.26 Å². The number of allylic oxidation sites excluding steroid dienone is 1. The molecule has 2 atom stereocenters. The third-order valence-electron chi connectivity index (χ3n) is 2.87. The molecule has 2 aromatic carbocycles. The molecule has 3 nitrogen and oxygen atoms in total. The van der Waals surface area contributed by atoms with Crippen LogP contribution in [-0.2, 0) is 14.1 Å². The Morgan fingerprint density at radius 3 is 2.72 bits per heavy atom. The van der Waals surface area contributed by atoms with Gasteiger partial charge in [0.25, 0.3) is 5.66 Å². The molecule has 0 radical (unpaired) electrons. The van der Waals surface area contributed by atoms with E-state index in [-0.39, 0.29) is 0 Å². The fourth-order valence-electron chi connectivity index (χ4n) is 2.07. The SMILES string of the molecule is O=[P+]1OOC=C(Cl)C1c1cccc2ccccc12. The summed E-state index contributed by atoms with van der Waals surface area (Å²) < 4.78 is 16.6. The summed E-state index contributed by atoms with van der Waals surface area (Å²) in [6.07, 6.45) is 1.28. The van der Waals surface area contributed by atoms with E-state index in [0.29, 0.717) is 5.03 Å². The largest absolute Gasteiger partial charge is 0.566 e. The lowest BCUT2D eigenvalue weighted by atomic mass is 10.0. The lowest BCUT2D eigenvalue weighted by Gasteiger charge is -2.11. The van der Waals surface area contributed by atoms with Crippen LogP contribution in [0.15, 0.2) is 53.8 Å². The average molecular weight is 280 g/mol. The second kappa shape index (κ2) is 4.69. The van der Waals surface area contributed by atoms with Crippen LogP contribution in [0.3, 0.4) is 0 Å². The molecular formula is C13H9ClO3P+. The van der Waals surface area contributed by atoms with E-state index < -0.39 is 13.7 Å². The molecule has 5 heteroatoms. The van der Waals surface area contributed by atoms with E-state index in [1.54, 1.807) is 0 Å². The summed E-state index contributed by atoms with van der Waals surface area (Å²) in [5.74, 6) is 0. The smallest absolute Gasteiger partial charge is 0.300 e. The van der Waals surface area contributed by atoms with E-state index in [9.17, 15) is 4.57 Å². The van der Waals surface area contributed by atoms with Crippen LogP contribution in [0.5, 0.6) is 0 Å². The fourth-order valence-corrected chi connectivity index (χ4v) is 3.39. The van der Waals surface area contributed by atoms with Gasteiger partial charge in [0, 0.05) is 5.56 Å². The average Bonchev–Trinajstić information content (AvgIpc) is 2.39.